The van der Waals surface area contributed by atoms with Crippen LogP contribution in [0.3, 0.4) is 0 Å². The first kappa shape index (κ1) is 12.8. The molecular formula is C14H14Cl2N2Si. The average Bonchev–Trinajstić information content (AvgIpc) is 2.76. The first-order chi connectivity index (χ1) is 9.19. The van der Waals surface area contributed by atoms with Gasteiger partial charge in [0.25, 0.3) is 0 Å². The number of nitrogens with zero attached hydrogens (tertiary/aromatic N) is 2. The summed E-state index contributed by atoms with van der Waals surface area (Å²) < 4.78 is 4.28. The van der Waals surface area contributed by atoms with Gasteiger partial charge in [0.15, 0.2) is 0 Å². The van der Waals surface area contributed by atoms with E-state index in [4.69, 9.17) is 22.2 Å². The highest BCUT2D eigenvalue weighted by Crippen LogP contribution is 2.37. The van der Waals surface area contributed by atoms with Gasteiger partial charge in [-0.15, -0.1) is 0 Å². The topological polar surface area (TPSA) is 6.48 Å². The van der Waals surface area contributed by atoms with Crippen molar-refractivity contribution in [1.82, 2.24) is 0 Å². The van der Waals surface area contributed by atoms with E-state index in [0.717, 1.165) is 24.5 Å². The molecule has 98 valence electrons. The summed E-state index contributed by atoms with van der Waals surface area (Å²) in [4.78, 5) is 0. The lowest BCUT2D eigenvalue weighted by Gasteiger charge is -2.32. The SMILES string of the molecule is Cl[Si]1(Cl)N(c2ccccc2)CCN1c1ccccc1. The molecule has 0 aliphatic carbocycles. The van der Waals surface area contributed by atoms with Crippen molar-refractivity contribution in [3.05, 3.63) is 60.7 Å². The molecule has 1 saturated heterocycles. The van der Waals surface area contributed by atoms with E-state index in [-0.39, 0.29) is 0 Å². The van der Waals surface area contributed by atoms with Gasteiger partial charge in [-0.3, -0.25) is 0 Å². The Kier molecular flexibility index (Phi) is 3.43. The molecule has 0 spiro atoms. The van der Waals surface area contributed by atoms with Crippen molar-refractivity contribution in [2.45, 2.75) is 0 Å². The van der Waals surface area contributed by atoms with Crippen molar-refractivity contribution in [1.29, 1.82) is 0 Å². The zero-order valence-electron chi connectivity index (χ0n) is 10.3. The van der Waals surface area contributed by atoms with Crippen molar-refractivity contribution in [2.24, 2.45) is 0 Å². The summed E-state index contributed by atoms with van der Waals surface area (Å²) >= 11 is 13.4. The Hall–Kier alpha value is -1.16. The molecule has 2 aromatic rings. The number of anilines is 2. The molecule has 1 aliphatic heterocycles. The standard InChI is InChI=1S/C14H14Cl2N2Si/c15-19(16)17(13-7-3-1-4-8-13)11-12-18(19)14-9-5-2-6-10-14/h1-10H,11-12H2. The fraction of sp³-hybridized carbons (Fsp3) is 0.143. The minimum atomic E-state index is -2.67. The fourth-order valence-corrected chi connectivity index (χ4v) is 6.53. The van der Waals surface area contributed by atoms with E-state index in [1.165, 1.54) is 0 Å². The smallest absolute Gasteiger partial charge is 0.355 e. The van der Waals surface area contributed by atoms with E-state index in [9.17, 15) is 0 Å². The summed E-state index contributed by atoms with van der Waals surface area (Å²) in [6.45, 7) is 1.72. The molecule has 0 saturated carbocycles. The van der Waals surface area contributed by atoms with E-state index in [1.807, 2.05) is 36.4 Å². The van der Waals surface area contributed by atoms with E-state index >= 15 is 0 Å². The first-order valence-electron chi connectivity index (χ1n) is 6.23. The molecule has 0 radical (unpaired) electrons. The summed E-state index contributed by atoms with van der Waals surface area (Å²) in [5, 5.41) is 0. The molecule has 0 amide bonds. The maximum atomic E-state index is 6.72. The number of hydrogen-bond acceptors (Lipinski definition) is 2. The lowest BCUT2D eigenvalue weighted by atomic mass is 10.3. The van der Waals surface area contributed by atoms with Gasteiger partial charge in [0.1, 0.15) is 0 Å². The van der Waals surface area contributed by atoms with Gasteiger partial charge in [-0.2, -0.15) is 0 Å². The molecule has 5 heteroatoms. The van der Waals surface area contributed by atoms with E-state index in [0.29, 0.717) is 0 Å². The predicted molar refractivity (Wildman–Crippen MR) is 85.0 cm³/mol. The highest BCUT2D eigenvalue weighted by Gasteiger charge is 2.49. The van der Waals surface area contributed by atoms with Crippen LogP contribution in [0.4, 0.5) is 11.4 Å². The Morgan fingerprint density at radius 2 is 1.05 bits per heavy atom. The van der Waals surface area contributed by atoms with Crippen molar-refractivity contribution in [3.63, 3.8) is 0 Å². The second-order valence-electron chi connectivity index (χ2n) is 4.48. The molecule has 19 heavy (non-hydrogen) atoms. The summed E-state index contributed by atoms with van der Waals surface area (Å²) in [5.41, 5.74) is 2.19. The zero-order valence-corrected chi connectivity index (χ0v) is 12.8. The summed E-state index contributed by atoms with van der Waals surface area (Å²) in [5.74, 6) is 0. The van der Waals surface area contributed by atoms with E-state index in [2.05, 4.69) is 33.4 Å². The first-order valence-corrected chi connectivity index (χ1v) is 10.1. The van der Waals surface area contributed by atoms with Crippen molar-refractivity contribution in [3.8, 4) is 0 Å². The van der Waals surface area contributed by atoms with Crippen molar-refractivity contribution >= 4 is 40.5 Å². The molecule has 0 unspecified atom stereocenters. The second-order valence-corrected chi connectivity index (χ2v) is 10.3. The number of hydrogen-bond donors (Lipinski definition) is 0. The van der Waals surface area contributed by atoms with Gasteiger partial charge in [0.2, 0.25) is 0 Å². The van der Waals surface area contributed by atoms with Gasteiger partial charge in [0, 0.05) is 24.5 Å². The van der Waals surface area contributed by atoms with Gasteiger partial charge in [-0.1, -0.05) is 58.6 Å². The van der Waals surface area contributed by atoms with Gasteiger partial charge in [-0.25, -0.2) is 0 Å². The van der Waals surface area contributed by atoms with Crippen LogP contribution in [0.1, 0.15) is 0 Å². The van der Waals surface area contributed by atoms with Crippen LogP contribution < -0.4 is 9.13 Å². The predicted octanol–water partition coefficient (Wildman–Crippen LogP) is 3.93. The third-order valence-electron chi connectivity index (χ3n) is 3.33. The Labute approximate surface area is 123 Å². The number of halogens is 2. The van der Waals surface area contributed by atoms with Crippen LogP contribution in [0, 0.1) is 0 Å². The van der Waals surface area contributed by atoms with Crippen LogP contribution in [-0.4, -0.2) is 20.1 Å². The van der Waals surface area contributed by atoms with Gasteiger partial charge >= 0.3 is 7.02 Å². The molecule has 1 heterocycles. The number of benzene rings is 2. The molecular weight excluding hydrogens is 295 g/mol. The minimum Gasteiger partial charge on any atom is -0.355 e. The fourth-order valence-electron chi connectivity index (χ4n) is 2.40. The van der Waals surface area contributed by atoms with E-state index in [1.54, 1.807) is 0 Å². The summed E-state index contributed by atoms with van der Waals surface area (Å²) in [6.07, 6.45) is 0. The normalized spacial score (nSPS) is 17.8. The van der Waals surface area contributed by atoms with Crippen LogP contribution in [0.15, 0.2) is 60.7 Å². The zero-order chi connectivity index (χ0) is 13.3. The molecule has 0 bridgehead atoms. The Balaban J connectivity index is 1.92. The summed E-state index contributed by atoms with van der Waals surface area (Å²) in [7, 11) is -2.67. The summed E-state index contributed by atoms with van der Waals surface area (Å²) in [6, 6.07) is 20.3. The van der Waals surface area contributed by atoms with Crippen LogP contribution in [-0.2, 0) is 0 Å². The molecule has 0 atom stereocenters. The van der Waals surface area contributed by atoms with Crippen molar-refractivity contribution < 1.29 is 0 Å². The second kappa shape index (κ2) is 5.08. The molecule has 0 N–H and O–H groups in total. The molecule has 1 fully saturated rings. The Bertz CT molecular complexity index is 498. The maximum absolute atomic E-state index is 6.72. The van der Waals surface area contributed by atoms with Gasteiger partial charge < -0.3 is 9.13 Å². The number of rotatable bonds is 2. The van der Waals surface area contributed by atoms with Gasteiger partial charge in [0.05, 0.1) is 0 Å². The Morgan fingerprint density at radius 1 is 0.684 bits per heavy atom. The van der Waals surface area contributed by atoms with Crippen LogP contribution >= 0.6 is 22.2 Å². The lowest BCUT2D eigenvalue weighted by molar-refractivity contribution is 1.02. The monoisotopic (exact) mass is 308 g/mol. The Morgan fingerprint density at radius 3 is 1.42 bits per heavy atom. The van der Waals surface area contributed by atoms with Crippen LogP contribution in [0.5, 0.6) is 0 Å². The van der Waals surface area contributed by atoms with Crippen molar-refractivity contribution in [2.75, 3.05) is 22.2 Å². The van der Waals surface area contributed by atoms with Gasteiger partial charge in [-0.05, 0) is 24.3 Å². The molecule has 3 rings (SSSR count). The number of para-hydroxylation sites is 2. The average molecular weight is 309 g/mol. The third kappa shape index (κ3) is 2.34. The molecule has 0 aromatic heterocycles. The highest BCUT2D eigenvalue weighted by atomic mass is 35.7. The maximum Gasteiger partial charge on any atom is 0.470 e. The molecule has 2 nitrogen and oxygen atoms in total. The van der Waals surface area contributed by atoms with Crippen LogP contribution in [0.25, 0.3) is 0 Å². The van der Waals surface area contributed by atoms with E-state index < -0.39 is 7.02 Å². The van der Waals surface area contributed by atoms with Crippen LogP contribution in [0.2, 0.25) is 0 Å². The third-order valence-corrected chi connectivity index (χ3v) is 8.04. The lowest BCUT2D eigenvalue weighted by Crippen LogP contribution is -2.50. The molecule has 1 aliphatic rings. The quantitative estimate of drug-likeness (QED) is 0.613. The minimum absolute atomic E-state index is 0.859. The highest BCUT2D eigenvalue weighted by molar-refractivity contribution is 7.48. The molecule has 2 aromatic carbocycles. The largest absolute Gasteiger partial charge is 0.470 e.